The lowest BCUT2D eigenvalue weighted by atomic mass is 10.2. The third-order valence-electron chi connectivity index (χ3n) is 2.49. The molecule has 1 aromatic carbocycles. The molecule has 3 nitrogen and oxygen atoms in total. The van der Waals surface area contributed by atoms with Gasteiger partial charge in [-0.15, -0.1) is 0 Å². The van der Waals surface area contributed by atoms with E-state index >= 15 is 0 Å². The van der Waals surface area contributed by atoms with Gasteiger partial charge in [-0.25, -0.2) is 0 Å². The number of hydrogen-bond acceptors (Lipinski definition) is 2. The maximum atomic E-state index is 10.5. The smallest absolute Gasteiger partial charge is 0.139 e. The fraction of sp³-hybridized carbons (Fsp3) is 0.308. The number of rotatable bonds is 5. The summed E-state index contributed by atoms with van der Waals surface area (Å²) in [5, 5.41) is 1.11. The fourth-order valence-electron chi connectivity index (χ4n) is 1.73. The van der Waals surface area contributed by atoms with E-state index in [0.29, 0.717) is 6.54 Å². The molecule has 2 aromatic rings. The third-order valence-corrected chi connectivity index (χ3v) is 2.49. The second kappa shape index (κ2) is 4.84. The number of carbonyl (C=O) groups is 1. The van der Waals surface area contributed by atoms with Gasteiger partial charge in [-0.2, -0.15) is 0 Å². The SMILES string of the molecule is CCCOc1ccc2c(ccn2CC=O)c1. The molecule has 0 saturated heterocycles. The van der Waals surface area contributed by atoms with Crippen molar-refractivity contribution in [3.8, 4) is 5.75 Å². The van der Waals surface area contributed by atoms with Crippen LogP contribution in [0.1, 0.15) is 13.3 Å². The van der Waals surface area contributed by atoms with Crippen molar-refractivity contribution in [2.75, 3.05) is 6.61 Å². The summed E-state index contributed by atoms with van der Waals surface area (Å²) >= 11 is 0. The molecule has 0 unspecified atom stereocenters. The number of aldehydes is 1. The molecule has 0 aliphatic rings. The summed E-state index contributed by atoms with van der Waals surface area (Å²) in [6, 6.07) is 7.94. The summed E-state index contributed by atoms with van der Waals surface area (Å²) in [6.07, 6.45) is 3.83. The molecule has 1 heterocycles. The molecule has 0 spiro atoms. The van der Waals surface area contributed by atoms with Crippen molar-refractivity contribution >= 4 is 17.2 Å². The van der Waals surface area contributed by atoms with Gasteiger partial charge in [-0.1, -0.05) is 6.92 Å². The molecule has 0 fully saturated rings. The van der Waals surface area contributed by atoms with Crippen molar-refractivity contribution in [3.63, 3.8) is 0 Å². The lowest BCUT2D eigenvalue weighted by Gasteiger charge is -2.05. The second-order valence-electron chi connectivity index (χ2n) is 3.70. The molecular weight excluding hydrogens is 202 g/mol. The first-order valence-corrected chi connectivity index (χ1v) is 5.50. The number of benzene rings is 1. The van der Waals surface area contributed by atoms with Gasteiger partial charge in [-0.3, -0.25) is 0 Å². The van der Waals surface area contributed by atoms with Gasteiger partial charge in [0.2, 0.25) is 0 Å². The second-order valence-corrected chi connectivity index (χ2v) is 3.70. The monoisotopic (exact) mass is 217 g/mol. The van der Waals surface area contributed by atoms with Crippen molar-refractivity contribution in [3.05, 3.63) is 30.5 Å². The highest BCUT2D eigenvalue weighted by atomic mass is 16.5. The van der Waals surface area contributed by atoms with E-state index in [9.17, 15) is 4.79 Å². The van der Waals surface area contributed by atoms with Gasteiger partial charge in [0.05, 0.1) is 13.2 Å². The minimum absolute atomic E-state index is 0.401. The van der Waals surface area contributed by atoms with E-state index in [0.717, 1.165) is 36.0 Å². The Morgan fingerprint density at radius 3 is 3.00 bits per heavy atom. The summed E-state index contributed by atoms with van der Waals surface area (Å²) < 4.78 is 7.48. The molecule has 16 heavy (non-hydrogen) atoms. The topological polar surface area (TPSA) is 31.2 Å². The van der Waals surface area contributed by atoms with Gasteiger partial charge in [0.15, 0.2) is 0 Å². The Labute approximate surface area is 94.6 Å². The summed E-state index contributed by atoms with van der Waals surface area (Å²) in [6.45, 7) is 3.22. The van der Waals surface area contributed by atoms with Crippen molar-refractivity contribution in [2.45, 2.75) is 19.9 Å². The van der Waals surface area contributed by atoms with Gasteiger partial charge < -0.3 is 14.1 Å². The number of carbonyl (C=O) groups excluding carboxylic acids is 1. The number of ether oxygens (including phenoxy) is 1. The van der Waals surface area contributed by atoms with E-state index < -0.39 is 0 Å². The van der Waals surface area contributed by atoms with Crippen LogP contribution in [0.2, 0.25) is 0 Å². The van der Waals surface area contributed by atoms with E-state index in [4.69, 9.17) is 4.74 Å². The zero-order valence-electron chi connectivity index (χ0n) is 9.35. The first kappa shape index (κ1) is 10.7. The Kier molecular flexibility index (Phi) is 3.25. The van der Waals surface area contributed by atoms with Gasteiger partial charge in [0.25, 0.3) is 0 Å². The average Bonchev–Trinajstić information content (AvgIpc) is 2.70. The minimum atomic E-state index is 0.401. The van der Waals surface area contributed by atoms with Gasteiger partial charge in [-0.05, 0) is 30.7 Å². The predicted octanol–water partition coefficient (Wildman–Crippen LogP) is 2.63. The van der Waals surface area contributed by atoms with Crippen LogP contribution in [-0.4, -0.2) is 17.5 Å². The highest BCUT2D eigenvalue weighted by Crippen LogP contribution is 2.21. The standard InChI is InChI=1S/C13H15NO2/c1-2-9-16-12-3-4-13-11(10-12)5-6-14(13)7-8-15/h3-6,8,10H,2,7,9H2,1H3. The van der Waals surface area contributed by atoms with Crippen LogP contribution in [0.15, 0.2) is 30.5 Å². The first-order valence-electron chi connectivity index (χ1n) is 5.50. The van der Waals surface area contributed by atoms with Crippen molar-refractivity contribution < 1.29 is 9.53 Å². The molecular formula is C13H15NO2. The van der Waals surface area contributed by atoms with E-state index in [-0.39, 0.29) is 0 Å². The normalized spacial score (nSPS) is 10.6. The molecule has 0 aliphatic heterocycles. The quantitative estimate of drug-likeness (QED) is 0.721. The molecule has 0 bridgehead atoms. The van der Waals surface area contributed by atoms with E-state index in [1.165, 1.54) is 0 Å². The summed E-state index contributed by atoms with van der Waals surface area (Å²) in [7, 11) is 0. The molecule has 0 radical (unpaired) electrons. The van der Waals surface area contributed by atoms with Crippen molar-refractivity contribution in [1.29, 1.82) is 0 Å². The van der Waals surface area contributed by atoms with Crippen LogP contribution in [0.3, 0.4) is 0 Å². The Morgan fingerprint density at radius 1 is 1.38 bits per heavy atom. The number of aromatic nitrogens is 1. The largest absolute Gasteiger partial charge is 0.494 e. The van der Waals surface area contributed by atoms with Crippen LogP contribution >= 0.6 is 0 Å². The van der Waals surface area contributed by atoms with Gasteiger partial charge in [0, 0.05) is 17.1 Å². The summed E-state index contributed by atoms with van der Waals surface area (Å²) in [5.74, 6) is 0.887. The molecule has 0 atom stereocenters. The fourth-order valence-corrected chi connectivity index (χ4v) is 1.73. The van der Waals surface area contributed by atoms with E-state index in [2.05, 4.69) is 6.92 Å². The molecule has 0 aliphatic carbocycles. The molecule has 84 valence electrons. The van der Waals surface area contributed by atoms with E-state index in [1.807, 2.05) is 35.0 Å². The van der Waals surface area contributed by atoms with Crippen molar-refractivity contribution in [2.24, 2.45) is 0 Å². The number of hydrogen-bond donors (Lipinski definition) is 0. The highest BCUT2D eigenvalue weighted by Gasteiger charge is 2.02. The molecule has 1 aromatic heterocycles. The maximum absolute atomic E-state index is 10.5. The number of nitrogens with zero attached hydrogens (tertiary/aromatic N) is 1. The van der Waals surface area contributed by atoms with Gasteiger partial charge in [0.1, 0.15) is 12.0 Å². The van der Waals surface area contributed by atoms with Crippen LogP contribution in [0.5, 0.6) is 5.75 Å². The van der Waals surface area contributed by atoms with Gasteiger partial charge >= 0.3 is 0 Å². The Hall–Kier alpha value is -1.77. The molecule has 2 rings (SSSR count). The maximum Gasteiger partial charge on any atom is 0.139 e. The zero-order valence-corrected chi connectivity index (χ0v) is 9.35. The van der Waals surface area contributed by atoms with E-state index in [1.54, 1.807) is 0 Å². The molecule has 3 heteroatoms. The average molecular weight is 217 g/mol. The van der Waals surface area contributed by atoms with Crippen LogP contribution in [0, 0.1) is 0 Å². The van der Waals surface area contributed by atoms with Crippen LogP contribution < -0.4 is 4.74 Å². The van der Waals surface area contributed by atoms with Crippen molar-refractivity contribution in [1.82, 2.24) is 4.57 Å². The molecule has 0 amide bonds. The summed E-state index contributed by atoms with van der Waals surface area (Å²) in [4.78, 5) is 10.5. The molecule has 0 saturated carbocycles. The van der Waals surface area contributed by atoms with Crippen LogP contribution in [-0.2, 0) is 11.3 Å². The lowest BCUT2D eigenvalue weighted by Crippen LogP contribution is -1.97. The van der Waals surface area contributed by atoms with Crippen LogP contribution in [0.25, 0.3) is 10.9 Å². The third kappa shape index (κ3) is 2.08. The highest BCUT2D eigenvalue weighted by molar-refractivity contribution is 5.82. The Morgan fingerprint density at radius 2 is 2.25 bits per heavy atom. The zero-order chi connectivity index (χ0) is 11.4. The van der Waals surface area contributed by atoms with Crippen LogP contribution in [0.4, 0.5) is 0 Å². The minimum Gasteiger partial charge on any atom is -0.494 e. The Balaban J connectivity index is 2.29. The molecule has 0 N–H and O–H groups in total. The summed E-state index contributed by atoms with van der Waals surface area (Å²) in [5.41, 5.74) is 1.07. The lowest BCUT2D eigenvalue weighted by molar-refractivity contribution is -0.108. The first-order chi connectivity index (χ1) is 7.85. The number of fused-ring (bicyclic) bond motifs is 1. The Bertz CT molecular complexity index is 488. The predicted molar refractivity (Wildman–Crippen MR) is 63.8 cm³/mol.